The predicted molar refractivity (Wildman–Crippen MR) is 74.1 cm³/mol. The summed E-state index contributed by atoms with van der Waals surface area (Å²) in [4.78, 5) is 16.5. The van der Waals surface area contributed by atoms with Gasteiger partial charge in [-0.1, -0.05) is 19.8 Å². The Morgan fingerprint density at radius 2 is 2.17 bits per heavy atom. The monoisotopic (exact) mass is 247 g/mol. The zero-order chi connectivity index (χ0) is 13.3. The molecule has 0 aliphatic heterocycles. The first-order chi connectivity index (χ1) is 8.54. The number of aryl methyl sites for hydroxylation is 2. The number of hydrogen-bond donors (Lipinski definition) is 1. The van der Waals surface area contributed by atoms with Gasteiger partial charge in [0.15, 0.2) is 5.65 Å². The number of rotatable bonds is 4. The standard InChI is InChI=1S/C14H21N3O/c1-5-6-7-11(4)17-13-12(14(18)16-17)9(2)8-10(3)15-13/h8,11H,5-7H2,1-4H3,(H,16,18)/t11-/m1/s1. The lowest BCUT2D eigenvalue weighted by molar-refractivity contribution is 0.451. The quantitative estimate of drug-likeness (QED) is 0.902. The molecule has 0 fully saturated rings. The Morgan fingerprint density at radius 3 is 2.83 bits per heavy atom. The third-order valence-electron chi connectivity index (χ3n) is 3.42. The summed E-state index contributed by atoms with van der Waals surface area (Å²) >= 11 is 0. The largest absolute Gasteiger partial charge is 0.273 e. The lowest BCUT2D eigenvalue weighted by Crippen LogP contribution is -2.11. The summed E-state index contributed by atoms with van der Waals surface area (Å²) in [5, 5.41) is 3.65. The van der Waals surface area contributed by atoms with Gasteiger partial charge in [0.1, 0.15) is 0 Å². The molecule has 0 radical (unpaired) electrons. The fourth-order valence-corrected chi connectivity index (χ4v) is 2.44. The molecule has 0 aromatic carbocycles. The Balaban J connectivity index is 2.55. The zero-order valence-corrected chi connectivity index (χ0v) is 11.6. The highest BCUT2D eigenvalue weighted by Gasteiger charge is 2.15. The van der Waals surface area contributed by atoms with Gasteiger partial charge in [0, 0.05) is 11.7 Å². The fourth-order valence-electron chi connectivity index (χ4n) is 2.44. The summed E-state index contributed by atoms with van der Waals surface area (Å²) in [5.41, 5.74) is 2.72. The Hall–Kier alpha value is -1.58. The molecular weight excluding hydrogens is 226 g/mol. The van der Waals surface area contributed by atoms with Crippen LogP contribution in [0.3, 0.4) is 0 Å². The van der Waals surface area contributed by atoms with Crippen molar-refractivity contribution in [3.8, 4) is 0 Å². The number of nitrogens with one attached hydrogen (secondary N) is 1. The number of hydrogen-bond acceptors (Lipinski definition) is 2. The van der Waals surface area contributed by atoms with E-state index in [4.69, 9.17) is 0 Å². The van der Waals surface area contributed by atoms with Gasteiger partial charge in [-0.15, -0.1) is 0 Å². The van der Waals surface area contributed by atoms with Crippen LogP contribution in [0.2, 0.25) is 0 Å². The number of unbranched alkanes of at least 4 members (excludes halogenated alkanes) is 1. The first-order valence-corrected chi connectivity index (χ1v) is 6.63. The van der Waals surface area contributed by atoms with Crippen molar-refractivity contribution in [3.05, 3.63) is 27.7 Å². The molecule has 2 rings (SSSR count). The molecule has 18 heavy (non-hydrogen) atoms. The molecule has 4 heteroatoms. The van der Waals surface area contributed by atoms with Gasteiger partial charge >= 0.3 is 0 Å². The first kappa shape index (κ1) is 12.9. The van der Waals surface area contributed by atoms with E-state index >= 15 is 0 Å². The SMILES string of the molecule is CCCC[C@@H](C)n1[nH]c(=O)c2c(C)cc(C)nc21. The van der Waals surface area contributed by atoms with Crippen LogP contribution in [0, 0.1) is 13.8 Å². The van der Waals surface area contributed by atoms with Crippen LogP contribution < -0.4 is 5.56 Å². The molecule has 0 unspecified atom stereocenters. The summed E-state index contributed by atoms with van der Waals surface area (Å²) < 4.78 is 1.92. The van der Waals surface area contributed by atoms with Gasteiger partial charge in [-0.2, -0.15) is 0 Å². The lowest BCUT2D eigenvalue weighted by Gasteiger charge is -2.13. The van der Waals surface area contributed by atoms with E-state index < -0.39 is 0 Å². The second kappa shape index (κ2) is 4.96. The zero-order valence-electron chi connectivity index (χ0n) is 11.6. The van der Waals surface area contributed by atoms with Gasteiger partial charge in [-0.25, -0.2) is 4.98 Å². The summed E-state index contributed by atoms with van der Waals surface area (Å²) in [7, 11) is 0. The molecule has 0 spiro atoms. The van der Waals surface area contributed by atoms with Crippen LogP contribution in [-0.2, 0) is 0 Å². The molecule has 0 aliphatic carbocycles. The molecule has 2 aromatic heterocycles. The van der Waals surface area contributed by atoms with Gasteiger partial charge < -0.3 is 0 Å². The fraction of sp³-hybridized carbons (Fsp3) is 0.571. The van der Waals surface area contributed by atoms with Crippen LogP contribution in [0.1, 0.15) is 50.4 Å². The highest BCUT2D eigenvalue weighted by atomic mass is 16.1. The minimum atomic E-state index is -0.0293. The smallest absolute Gasteiger partial charge is 0.267 e. The van der Waals surface area contributed by atoms with Crippen molar-refractivity contribution in [1.82, 2.24) is 14.8 Å². The third-order valence-corrected chi connectivity index (χ3v) is 3.42. The van der Waals surface area contributed by atoms with Gasteiger partial charge in [0.2, 0.25) is 0 Å². The molecule has 2 aromatic rings. The minimum Gasteiger partial charge on any atom is -0.267 e. The Labute approximate surface area is 107 Å². The van der Waals surface area contributed by atoms with Crippen LogP contribution in [-0.4, -0.2) is 14.8 Å². The molecule has 0 saturated carbocycles. The Morgan fingerprint density at radius 1 is 1.44 bits per heavy atom. The molecule has 2 heterocycles. The van der Waals surface area contributed by atoms with Gasteiger partial charge in [0.05, 0.1) is 5.39 Å². The van der Waals surface area contributed by atoms with Crippen LogP contribution in [0.4, 0.5) is 0 Å². The van der Waals surface area contributed by atoms with E-state index in [0.29, 0.717) is 0 Å². The molecule has 0 saturated heterocycles. The van der Waals surface area contributed by atoms with Crippen LogP contribution >= 0.6 is 0 Å². The minimum absolute atomic E-state index is 0.0293. The number of H-pyrrole nitrogens is 1. The first-order valence-electron chi connectivity index (χ1n) is 6.63. The Bertz CT molecular complexity index is 609. The molecule has 0 aliphatic rings. The molecule has 0 bridgehead atoms. The Kier molecular flexibility index (Phi) is 3.55. The van der Waals surface area contributed by atoms with E-state index in [0.717, 1.165) is 35.1 Å². The molecular formula is C14H21N3O. The van der Waals surface area contributed by atoms with Crippen molar-refractivity contribution in [3.63, 3.8) is 0 Å². The average molecular weight is 247 g/mol. The summed E-state index contributed by atoms with van der Waals surface area (Å²) in [6.45, 7) is 8.23. The van der Waals surface area contributed by atoms with E-state index in [1.807, 2.05) is 24.6 Å². The highest BCUT2D eigenvalue weighted by molar-refractivity contribution is 5.78. The number of fused-ring (bicyclic) bond motifs is 1. The van der Waals surface area contributed by atoms with E-state index in [1.54, 1.807) is 0 Å². The van der Waals surface area contributed by atoms with Crippen LogP contribution in [0.15, 0.2) is 10.9 Å². The maximum atomic E-state index is 12.0. The second-order valence-corrected chi connectivity index (χ2v) is 5.08. The molecule has 0 amide bonds. The highest BCUT2D eigenvalue weighted by Crippen LogP contribution is 2.20. The van der Waals surface area contributed by atoms with E-state index in [-0.39, 0.29) is 11.6 Å². The maximum absolute atomic E-state index is 12.0. The lowest BCUT2D eigenvalue weighted by atomic mass is 10.1. The summed E-state index contributed by atoms with van der Waals surface area (Å²) in [6, 6.07) is 2.24. The van der Waals surface area contributed by atoms with Crippen molar-refractivity contribution in [2.24, 2.45) is 0 Å². The van der Waals surface area contributed by atoms with E-state index in [9.17, 15) is 4.79 Å². The predicted octanol–water partition coefficient (Wildman–Crippen LogP) is 3.09. The normalized spacial score (nSPS) is 13.1. The van der Waals surface area contributed by atoms with Crippen molar-refractivity contribution in [2.45, 2.75) is 53.0 Å². The van der Waals surface area contributed by atoms with Crippen molar-refractivity contribution in [1.29, 1.82) is 0 Å². The van der Waals surface area contributed by atoms with E-state index in [2.05, 4.69) is 23.9 Å². The van der Waals surface area contributed by atoms with Crippen LogP contribution in [0.5, 0.6) is 0 Å². The topological polar surface area (TPSA) is 50.7 Å². The molecule has 4 nitrogen and oxygen atoms in total. The van der Waals surface area contributed by atoms with Gasteiger partial charge in [-0.3, -0.25) is 14.6 Å². The number of aromatic amines is 1. The van der Waals surface area contributed by atoms with Crippen molar-refractivity contribution < 1.29 is 0 Å². The average Bonchev–Trinajstić information content (AvgIpc) is 2.63. The molecule has 1 N–H and O–H groups in total. The van der Waals surface area contributed by atoms with Crippen LogP contribution in [0.25, 0.3) is 11.0 Å². The van der Waals surface area contributed by atoms with Gasteiger partial charge in [0.25, 0.3) is 5.56 Å². The van der Waals surface area contributed by atoms with E-state index in [1.165, 1.54) is 6.42 Å². The number of aromatic nitrogens is 3. The number of pyridine rings is 1. The maximum Gasteiger partial charge on any atom is 0.273 e. The van der Waals surface area contributed by atoms with Crippen molar-refractivity contribution in [2.75, 3.05) is 0 Å². The summed E-state index contributed by atoms with van der Waals surface area (Å²) in [6.07, 6.45) is 3.39. The third kappa shape index (κ3) is 2.19. The summed E-state index contributed by atoms with van der Waals surface area (Å²) in [5.74, 6) is 0. The van der Waals surface area contributed by atoms with Gasteiger partial charge in [-0.05, 0) is 38.8 Å². The molecule has 1 atom stereocenters. The number of nitrogens with zero attached hydrogens (tertiary/aromatic N) is 2. The molecule has 98 valence electrons. The van der Waals surface area contributed by atoms with Crippen molar-refractivity contribution >= 4 is 11.0 Å². The second-order valence-electron chi connectivity index (χ2n) is 5.08.